The number of nitrogens with one attached hydrogen (secondary N) is 1. The number of aliphatic imine (C=N–C) groups is 1. The maximum Gasteiger partial charge on any atom is 0.335 e. The Morgan fingerprint density at radius 3 is 2.72 bits per heavy atom. The van der Waals surface area contributed by atoms with Gasteiger partial charge in [-0.2, -0.15) is 0 Å². The first kappa shape index (κ1) is 17.2. The highest BCUT2D eigenvalue weighted by atomic mass is 16.5. The van der Waals surface area contributed by atoms with Crippen LogP contribution in [0.4, 0.5) is 0 Å². The second kappa shape index (κ2) is 7.06. The molecule has 2 aromatic rings. The Balaban J connectivity index is 2.03. The molecule has 1 aromatic heterocycles. The van der Waals surface area contributed by atoms with Crippen LogP contribution in [0, 0.1) is 6.92 Å². The van der Waals surface area contributed by atoms with E-state index in [1.165, 1.54) is 0 Å². The normalized spacial score (nSPS) is 17.8. The smallest absolute Gasteiger partial charge is 0.335 e. The van der Waals surface area contributed by atoms with Gasteiger partial charge in [0.15, 0.2) is 0 Å². The number of nitrogens with zero attached hydrogens (tertiary/aromatic N) is 2. The lowest BCUT2D eigenvalue weighted by Gasteiger charge is -2.12. The number of aromatic nitrogens is 2. The summed E-state index contributed by atoms with van der Waals surface area (Å²) in [4.78, 5) is 31.0. The minimum atomic E-state index is -0.693. The topological polar surface area (TPSA) is 96.7 Å². The van der Waals surface area contributed by atoms with E-state index < -0.39 is 17.1 Å². The van der Waals surface area contributed by atoms with E-state index in [1.54, 1.807) is 19.1 Å². The molecular formula is C18H21N3O4. The first-order valence-electron chi connectivity index (χ1n) is 8.25. The van der Waals surface area contributed by atoms with Gasteiger partial charge in [-0.1, -0.05) is 17.7 Å². The third-order valence-corrected chi connectivity index (χ3v) is 4.30. The molecule has 1 aromatic carbocycles. The van der Waals surface area contributed by atoms with Gasteiger partial charge in [0.05, 0.1) is 24.0 Å². The molecule has 0 unspecified atom stereocenters. The third kappa shape index (κ3) is 3.56. The second-order valence-corrected chi connectivity index (χ2v) is 6.19. The Hall–Kier alpha value is -2.67. The van der Waals surface area contributed by atoms with Gasteiger partial charge in [0.25, 0.3) is 5.56 Å². The molecule has 7 heteroatoms. The Morgan fingerprint density at radius 1 is 1.36 bits per heavy atom. The Morgan fingerprint density at radius 2 is 2.08 bits per heavy atom. The van der Waals surface area contributed by atoms with Crippen molar-refractivity contribution in [2.24, 2.45) is 4.99 Å². The summed E-state index contributed by atoms with van der Waals surface area (Å²) in [5.74, 6) is -0.411. The van der Waals surface area contributed by atoms with Gasteiger partial charge in [-0.15, -0.1) is 0 Å². The summed E-state index contributed by atoms with van der Waals surface area (Å²) in [6.07, 6.45) is 1.98. The molecule has 0 radical (unpaired) electrons. The van der Waals surface area contributed by atoms with Crippen LogP contribution in [0.25, 0.3) is 5.69 Å². The predicted molar refractivity (Wildman–Crippen MR) is 95.1 cm³/mol. The molecule has 1 fully saturated rings. The number of hydrogen-bond donors (Lipinski definition) is 2. The summed E-state index contributed by atoms with van der Waals surface area (Å²) in [6.45, 7) is 4.72. The van der Waals surface area contributed by atoms with Crippen molar-refractivity contribution in [1.29, 1.82) is 0 Å². The number of H-pyrrole nitrogens is 1. The van der Waals surface area contributed by atoms with Crippen molar-refractivity contribution in [1.82, 2.24) is 9.55 Å². The number of aryl methyl sites for hydroxylation is 1. The number of aromatic hydroxyl groups is 1. The van der Waals surface area contributed by atoms with E-state index in [0.29, 0.717) is 17.9 Å². The monoisotopic (exact) mass is 343 g/mol. The highest BCUT2D eigenvalue weighted by Gasteiger charge is 2.19. The van der Waals surface area contributed by atoms with E-state index in [1.807, 2.05) is 19.1 Å². The molecule has 1 atom stereocenters. The molecule has 132 valence electrons. The van der Waals surface area contributed by atoms with Crippen LogP contribution in [-0.2, 0) is 4.74 Å². The summed E-state index contributed by atoms with van der Waals surface area (Å²) in [5.41, 5.74) is 0.516. The van der Waals surface area contributed by atoms with Gasteiger partial charge in [0.2, 0.25) is 5.88 Å². The molecule has 2 N–H and O–H groups in total. The molecule has 1 aliphatic heterocycles. The minimum absolute atomic E-state index is 0.00169. The van der Waals surface area contributed by atoms with Crippen molar-refractivity contribution in [2.75, 3.05) is 13.2 Å². The average Bonchev–Trinajstić information content (AvgIpc) is 3.07. The van der Waals surface area contributed by atoms with Crippen molar-refractivity contribution in [2.45, 2.75) is 32.8 Å². The predicted octanol–water partition coefficient (Wildman–Crippen LogP) is 1.53. The highest BCUT2D eigenvalue weighted by molar-refractivity contribution is 6.00. The summed E-state index contributed by atoms with van der Waals surface area (Å²) < 4.78 is 6.58. The van der Waals surface area contributed by atoms with Crippen LogP contribution in [0.1, 0.15) is 30.9 Å². The van der Waals surface area contributed by atoms with E-state index >= 15 is 0 Å². The van der Waals surface area contributed by atoms with Crippen molar-refractivity contribution < 1.29 is 9.84 Å². The molecule has 1 aliphatic rings. The van der Waals surface area contributed by atoms with Crippen molar-refractivity contribution >= 4 is 5.71 Å². The molecule has 2 heterocycles. The largest absolute Gasteiger partial charge is 0.493 e. The fourth-order valence-electron chi connectivity index (χ4n) is 2.89. The number of ether oxygens (including phenoxy) is 1. The van der Waals surface area contributed by atoms with Crippen LogP contribution in [0.15, 0.2) is 38.8 Å². The third-order valence-electron chi connectivity index (χ3n) is 4.30. The number of aromatic amines is 1. The fourth-order valence-corrected chi connectivity index (χ4v) is 2.89. The lowest BCUT2D eigenvalue weighted by molar-refractivity contribution is 0.118. The van der Waals surface area contributed by atoms with Crippen LogP contribution in [0.2, 0.25) is 0 Å². The van der Waals surface area contributed by atoms with Crippen molar-refractivity contribution in [3.8, 4) is 11.6 Å². The van der Waals surface area contributed by atoms with Crippen LogP contribution in [0.5, 0.6) is 5.88 Å². The maximum absolute atomic E-state index is 12.2. The Labute approximate surface area is 144 Å². The van der Waals surface area contributed by atoms with Gasteiger partial charge in [0.1, 0.15) is 5.56 Å². The highest BCUT2D eigenvalue weighted by Crippen LogP contribution is 2.18. The molecular weight excluding hydrogens is 322 g/mol. The average molecular weight is 343 g/mol. The van der Waals surface area contributed by atoms with Gasteiger partial charge in [-0.05, 0) is 38.8 Å². The number of benzene rings is 1. The molecule has 25 heavy (non-hydrogen) atoms. The Kier molecular flexibility index (Phi) is 4.85. The van der Waals surface area contributed by atoms with E-state index in [4.69, 9.17) is 4.74 Å². The fraction of sp³-hybridized carbons (Fsp3) is 0.389. The number of hydrogen-bond acceptors (Lipinski definition) is 5. The molecule has 0 saturated carbocycles. The molecule has 0 aliphatic carbocycles. The first-order chi connectivity index (χ1) is 12.0. The molecule has 0 amide bonds. The van der Waals surface area contributed by atoms with Crippen LogP contribution >= 0.6 is 0 Å². The van der Waals surface area contributed by atoms with E-state index in [-0.39, 0.29) is 11.7 Å². The zero-order valence-corrected chi connectivity index (χ0v) is 14.3. The van der Waals surface area contributed by atoms with Gasteiger partial charge >= 0.3 is 5.69 Å². The van der Waals surface area contributed by atoms with Crippen LogP contribution in [-0.4, -0.2) is 39.6 Å². The summed E-state index contributed by atoms with van der Waals surface area (Å²) in [7, 11) is 0. The molecule has 7 nitrogen and oxygen atoms in total. The van der Waals surface area contributed by atoms with E-state index in [2.05, 4.69) is 9.98 Å². The molecule has 1 saturated heterocycles. The first-order valence-corrected chi connectivity index (χ1v) is 8.25. The van der Waals surface area contributed by atoms with Gasteiger partial charge in [-0.3, -0.25) is 14.8 Å². The SMILES string of the molecule is CC(=NC[C@@H]1CCCO1)c1c(O)n(-c2ccc(C)cc2)c(=O)[nH]c1=O. The van der Waals surface area contributed by atoms with E-state index in [9.17, 15) is 14.7 Å². The number of rotatable bonds is 4. The van der Waals surface area contributed by atoms with Crippen molar-refractivity contribution in [3.05, 3.63) is 56.2 Å². The molecule has 0 bridgehead atoms. The zero-order valence-electron chi connectivity index (χ0n) is 14.3. The van der Waals surface area contributed by atoms with Crippen molar-refractivity contribution in [3.63, 3.8) is 0 Å². The molecule has 3 rings (SSSR count). The Bertz CT molecular complexity index is 903. The summed E-state index contributed by atoms with van der Waals surface area (Å²) in [6, 6.07) is 7.06. The zero-order chi connectivity index (χ0) is 18.0. The van der Waals surface area contributed by atoms with Gasteiger partial charge in [-0.25, -0.2) is 9.36 Å². The lowest BCUT2D eigenvalue weighted by atomic mass is 10.2. The quantitative estimate of drug-likeness (QED) is 0.823. The summed E-state index contributed by atoms with van der Waals surface area (Å²) >= 11 is 0. The standard InChI is InChI=1S/C18H21N3O4/c1-11-5-7-13(8-6-11)21-17(23)15(16(22)20-18(21)24)12(2)19-10-14-4-3-9-25-14/h5-8,14,23H,3-4,9-10H2,1-2H3,(H,20,22,24)/t14-/m0/s1. The summed E-state index contributed by atoms with van der Waals surface area (Å²) in [5, 5.41) is 10.6. The van der Waals surface area contributed by atoms with Crippen LogP contribution < -0.4 is 11.2 Å². The van der Waals surface area contributed by atoms with Gasteiger partial charge < -0.3 is 9.84 Å². The second-order valence-electron chi connectivity index (χ2n) is 6.19. The minimum Gasteiger partial charge on any atom is -0.493 e. The maximum atomic E-state index is 12.2. The van der Waals surface area contributed by atoms with E-state index in [0.717, 1.165) is 29.6 Å². The molecule has 0 spiro atoms. The van der Waals surface area contributed by atoms with Crippen LogP contribution in [0.3, 0.4) is 0 Å². The lowest BCUT2D eigenvalue weighted by Crippen LogP contribution is -2.33. The van der Waals surface area contributed by atoms with Gasteiger partial charge in [0, 0.05) is 6.61 Å².